The Morgan fingerprint density at radius 2 is 2.00 bits per heavy atom. The van der Waals surface area contributed by atoms with Gasteiger partial charge in [0.05, 0.1) is 0 Å². The molecule has 18 heavy (non-hydrogen) atoms. The molecule has 0 aromatic carbocycles. The molecule has 0 saturated carbocycles. The molecule has 0 aliphatic heterocycles. The van der Waals surface area contributed by atoms with E-state index < -0.39 is 12.7 Å². The van der Waals surface area contributed by atoms with Crippen molar-refractivity contribution in [2.45, 2.75) is 26.4 Å². The van der Waals surface area contributed by atoms with Gasteiger partial charge in [0.25, 0.3) is 0 Å². The van der Waals surface area contributed by atoms with Crippen molar-refractivity contribution in [3.8, 4) is 0 Å². The number of rotatable bonds is 5. The van der Waals surface area contributed by atoms with Crippen molar-refractivity contribution in [2.75, 3.05) is 23.9 Å². The molecule has 0 unspecified atom stereocenters. The molecule has 1 aromatic heterocycles. The van der Waals surface area contributed by atoms with Crippen molar-refractivity contribution >= 4 is 17.4 Å². The molecule has 0 saturated heterocycles. The topological polar surface area (TPSA) is 29.0 Å². The molecule has 102 valence electrons. The lowest BCUT2D eigenvalue weighted by Crippen LogP contribution is -2.36. The molecule has 1 rings (SSSR count). The van der Waals surface area contributed by atoms with Gasteiger partial charge in [0.1, 0.15) is 18.2 Å². The van der Waals surface area contributed by atoms with Crippen LogP contribution < -0.4 is 4.90 Å². The first kappa shape index (κ1) is 15.0. The van der Waals surface area contributed by atoms with E-state index in [0.29, 0.717) is 12.2 Å². The molecular weight excluding hydrogens is 267 g/mol. The molecule has 1 heterocycles. The smallest absolute Gasteiger partial charge is 0.346 e. The number of hydrogen-bond donors (Lipinski definition) is 0. The zero-order chi connectivity index (χ0) is 13.8. The second kappa shape index (κ2) is 6.22. The minimum Gasteiger partial charge on any atom is -0.346 e. The highest BCUT2D eigenvalue weighted by atomic mass is 35.5. The number of aromatic nitrogens is 2. The summed E-state index contributed by atoms with van der Waals surface area (Å²) in [5.41, 5.74) is 0.722. The minimum atomic E-state index is -4.28. The molecule has 7 heteroatoms. The minimum absolute atomic E-state index is 0.0979. The molecule has 0 fully saturated rings. The van der Waals surface area contributed by atoms with E-state index >= 15 is 0 Å². The van der Waals surface area contributed by atoms with Gasteiger partial charge in [0, 0.05) is 24.2 Å². The number of anilines is 1. The van der Waals surface area contributed by atoms with Crippen LogP contribution in [0.1, 0.15) is 18.4 Å². The maximum atomic E-state index is 12.5. The van der Waals surface area contributed by atoms with Crippen LogP contribution >= 0.6 is 11.6 Å². The van der Waals surface area contributed by atoms with Gasteiger partial charge >= 0.3 is 6.18 Å². The average Bonchev–Trinajstić information content (AvgIpc) is 2.26. The predicted molar refractivity (Wildman–Crippen MR) is 65.1 cm³/mol. The number of alkyl halides is 4. The number of aryl methyl sites for hydroxylation is 2. The quantitative estimate of drug-likeness (QED) is 0.777. The van der Waals surface area contributed by atoms with Crippen LogP contribution in [-0.2, 0) is 6.42 Å². The van der Waals surface area contributed by atoms with Crippen LogP contribution in [0.25, 0.3) is 0 Å². The summed E-state index contributed by atoms with van der Waals surface area (Å²) in [6, 6.07) is 1.57. The number of hydrogen-bond acceptors (Lipinski definition) is 3. The Bertz CT molecular complexity index is 396. The van der Waals surface area contributed by atoms with E-state index in [1.165, 1.54) is 0 Å². The Kier molecular flexibility index (Phi) is 5.19. The first-order chi connectivity index (χ1) is 8.35. The molecule has 3 nitrogen and oxygen atoms in total. The highest BCUT2D eigenvalue weighted by molar-refractivity contribution is 6.18. The summed E-state index contributed by atoms with van der Waals surface area (Å²) in [5, 5.41) is 0. The van der Waals surface area contributed by atoms with Crippen LogP contribution in [0.15, 0.2) is 6.07 Å². The molecule has 0 radical (unpaired) electrons. The Hall–Kier alpha value is -1.04. The third-order valence-corrected chi connectivity index (χ3v) is 2.46. The highest BCUT2D eigenvalue weighted by Gasteiger charge is 2.31. The van der Waals surface area contributed by atoms with Gasteiger partial charge in [0.2, 0.25) is 0 Å². The highest BCUT2D eigenvalue weighted by Crippen LogP contribution is 2.21. The summed E-state index contributed by atoms with van der Waals surface area (Å²) in [7, 11) is 0. The van der Waals surface area contributed by atoms with E-state index in [2.05, 4.69) is 9.97 Å². The van der Waals surface area contributed by atoms with Gasteiger partial charge in [-0.1, -0.05) is 6.92 Å². The SMILES string of the molecule is CCc1cc(N(CCCl)CC(F)(F)F)nc(C)n1. The predicted octanol–water partition coefficient (Wildman–Crippen LogP) is 2.95. The molecule has 0 aliphatic carbocycles. The van der Waals surface area contributed by atoms with E-state index in [1.54, 1.807) is 13.0 Å². The molecule has 0 spiro atoms. The fourth-order valence-electron chi connectivity index (χ4n) is 1.55. The lowest BCUT2D eigenvalue weighted by Gasteiger charge is -2.24. The zero-order valence-corrected chi connectivity index (χ0v) is 11.0. The van der Waals surface area contributed by atoms with Crippen molar-refractivity contribution < 1.29 is 13.2 Å². The molecule has 0 aliphatic rings. The fraction of sp³-hybridized carbons (Fsp3) is 0.636. The largest absolute Gasteiger partial charge is 0.405 e. The first-order valence-electron chi connectivity index (χ1n) is 5.58. The molecular formula is C11H15ClF3N3. The second-order valence-electron chi connectivity index (χ2n) is 3.84. The summed E-state index contributed by atoms with van der Waals surface area (Å²) in [6.45, 7) is 2.59. The second-order valence-corrected chi connectivity index (χ2v) is 4.22. The van der Waals surface area contributed by atoms with E-state index in [1.807, 2.05) is 6.92 Å². The van der Waals surface area contributed by atoms with Crippen LogP contribution in [-0.4, -0.2) is 35.1 Å². The standard InChI is InChI=1S/C11H15ClF3N3/c1-3-9-6-10(17-8(2)16-9)18(5-4-12)7-11(13,14)15/h6H,3-5,7H2,1-2H3. The average molecular weight is 282 g/mol. The Morgan fingerprint density at radius 1 is 1.33 bits per heavy atom. The van der Waals surface area contributed by atoms with E-state index in [0.717, 1.165) is 10.6 Å². The Balaban J connectivity index is 3.01. The van der Waals surface area contributed by atoms with Crippen molar-refractivity contribution in [2.24, 2.45) is 0 Å². The van der Waals surface area contributed by atoms with Crippen LogP contribution in [0.2, 0.25) is 0 Å². The molecule has 0 atom stereocenters. The molecule has 0 bridgehead atoms. The monoisotopic (exact) mass is 281 g/mol. The lowest BCUT2D eigenvalue weighted by molar-refractivity contribution is -0.119. The van der Waals surface area contributed by atoms with Crippen LogP contribution in [0, 0.1) is 6.92 Å². The van der Waals surface area contributed by atoms with Crippen LogP contribution in [0.4, 0.5) is 19.0 Å². The van der Waals surface area contributed by atoms with Gasteiger partial charge in [-0.05, 0) is 13.3 Å². The van der Waals surface area contributed by atoms with Crippen molar-refractivity contribution in [3.63, 3.8) is 0 Å². The van der Waals surface area contributed by atoms with Crippen LogP contribution in [0.3, 0.4) is 0 Å². The van der Waals surface area contributed by atoms with Crippen molar-refractivity contribution in [1.82, 2.24) is 9.97 Å². The van der Waals surface area contributed by atoms with Gasteiger partial charge in [0.15, 0.2) is 0 Å². The maximum absolute atomic E-state index is 12.5. The third kappa shape index (κ3) is 4.68. The molecule has 1 aromatic rings. The first-order valence-corrected chi connectivity index (χ1v) is 6.11. The molecule has 0 N–H and O–H groups in total. The Morgan fingerprint density at radius 3 is 2.50 bits per heavy atom. The van der Waals surface area contributed by atoms with Gasteiger partial charge < -0.3 is 4.90 Å². The van der Waals surface area contributed by atoms with Crippen LogP contribution in [0.5, 0.6) is 0 Å². The molecule has 0 amide bonds. The normalized spacial score (nSPS) is 11.7. The fourth-order valence-corrected chi connectivity index (χ4v) is 1.75. The third-order valence-electron chi connectivity index (χ3n) is 2.29. The van der Waals surface area contributed by atoms with E-state index in [-0.39, 0.29) is 18.2 Å². The summed E-state index contributed by atoms with van der Waals surface area (Å²) >= 11 is 5.54. The summed E-state index contributed by atoms with van der Waals surface area (Å²) < 4.78 is 37.4. The number of nitrogens with zero attached hydrogens (tertiary/aromatic N) is 3. The summed E-state index contributed by atoms with van der Waals surface area (Å²) in [5.74, 6) is 0.851. The van der Waals surface area contributed by atoms with Gasteiger partial charge in [-0.15, -0.1) is 11.6 Å². The zero-order valence-electron chi connectivity index (χ0n) is 10.3. The van der Waals surface area contributed by atoms with Crippen molar-refractivity contribution in [3.05, 3.63) is 17.6 Å². The summed E-state index contributed by atoms with van der Waals surface area (Å²) in [6.07, 6.45) is -3.63. The Labute approximate surface area is 109 Å². The number of halogens is 4. The maximum Gasteiger partial charge on any atom is 0.405 e. The lowest BCUT2D eigenvalue weighted by atomic mass is 10.3. The van der Waals surface area contributed by atoms with E-state index in [4.69, 9.17) is 11.6 Å². The van der Waals surface area contributed by atoms with E-state index in [9.17, 15) is 13.2 Å². The van der Waals surface area contributed by atoms with Crippen molar-refractivity contribution in [1.29, 1.82) is 0 Å². The van der Waals surface area contributed by atoms with Gasteiger partial charge in [-0.3, -0.25) is 0 Å². The van der Waals surface area contributed by atoms with Gasteiger partial charge in [-0.2, -0.15) is 13.2 Å². The summed E-state index contributed by atoms with van der Waals surface area (Å²) in [4.78, 5) is 9.31. The van der Waals surface area contributed by atoms with Gasteiger partial charge in [-0.25, -0.2) is 9.97 Å².